The van der Waals surface area contributed by atoms with E-state index in [0.29, 0.717) is 11.5 Å². The van der Waals surface area contributed by atoms with Crippen LogP contribution in [0.5, 0.6) is 17.2 Å². The van der Waals surface area contributed by atoms with Crippen molar-refractivity contribution in [1.29, 1.82) is 0 Å². The summed E-state index contributed by atoms with van der Waals surface area (Å²) < 4.78 is 16.3. The van der Waals surface area contributed by atoms with Crippen molar-refractivity contribution in [2.45, 2.75) is 19.3 Å². The van der Waals surface area contributed by atoms with Crippen molar-refractivity contribution in [3.05, 3.63) is 78.4 Å². The molecule has 4 nitrogen and oxygen atoms in total. The van der Waals surface area contributed by atoms with Crippen LogP contribution in [0.4, 0.5) is 0 Å². The molecule has 28 heavy (non-hydrogen) atoms. The van der Waals surface area contributed by atoms with Gasteiger partial charge in [-0.2, -0.15) is 0 Å². The highest BCUT2D eigenvalue weighted by Crippen LogP contribution is 2.31. The molecule has 0 radical (unpaired) electrons. The summed E-state index contributed by atoms with van der Waals surface area (Å²) in [6, 6.07) is 17.3. The van der Waals surface area contributed by atoms with Gasteiger partial charge in [0, 0.05) is 0 Å². The topological polar surface area (TPSA) is 44.8 Å². The van der Waals surface area contributed by atoms with Gasteiger partial charge >= 0.3 is 5.97 Å². The van der Waals surface area contributed by atoms with Crippen LogP contribution in [0, 0.1) is 0 Å². The zero-order valence-electron chi connectivity index (χ0n) is 16.4. The van der Waals surface area contributed by atoms with E-state index in [2.05, 4.69) is 6.58 Å². The first kappa shape index (κ1) is 19.5. The minimum Gasteiger partial charge on any atom is -0.497 e. The van der Waals surface area contributed by atoms with E-state index >= 15 is 0 Å². The van der Waals surface area contributed by atoms with Crippen LogP contribution in [0.3, 0.4) is 0 Å². The Balaban J connectivity index is 1.81. The molecule has 0 unspecified atom stereocenters. The summed E-state index contributed by atoms with van der Waals surface area (Å²) in [7, 11) is 3.21. The van der Waals surface area contributed by atoms with Crippen molar-refractivity contribution < 1.29 is 19.0 Å². The molecule has 0 N–H and O–H groups in total. The van der Waals surface area contributed by atoms with Crippen molar-refractivity contribution in [1.82, 2.24) is 0 Å². The van der Waals surface area contributed by atoms with Crippen LogP contribution in [0.2, 0.25) is 0 Å². The second-order valence-corrected chi connectivity index (χ2v) is 6.59. The van der Waals surface area contributed by atoms with Crippen LogP contribution in [-0.4, -0.2) is 20.2 Å². The van der Waals surface area contributed by atoms with Gasteiger partial charge in [-0.15, -0.1) is 6.58 Å². The lowest BCUT2D eigenvalue weighted by Gasteiger charge is -2.15. The third kappa shape index (κ3) is 4.17. The third-order valence-electron chi connectivity index (χ3n) is 4.74. The number of carbonyl (C=O) groups excluding carboxylic acids is 1. The molecule has 0 heterocycles. The number of carbonyl (C=O) groups is 1. The van der Waals surface area contributed by atoms with Gasteiger partial charge in [0.2, 0.25) is 0 Å². The molecular weight excluding hydrogens is 352 g/mol. The monoisotopic (exact) mass is 376 g/mol. The standard InChI is InChI=1S/C24H24O4/c1-5-6-17-7-12-22(23(13-17)27-4)28-24(25)16(2)18-8-9-20-15-21(26-3)11-10-19(20)14-18/h5,7-16H,1,6H2,2-4H3/t16-/m0/s1. The number of hydrogen-bond acceptors (Lipinski definition) is 4. The van der Waals surface area contributed by atoms with Crippen molar-refractivity contribution in [3.8, 4) is 17.2 Å². The Bertz CT molecular complexity index is 1010. The molecular formula is C24H24O4. The minimum absolute atomic E-state index is 0.331. The largest absolute Gasteiger partial charge is 0.497 e. The van der Waals surface area contributed by atoms with Crippen LogP contribution < -0.4 is 14.2 Å². The van der Waals surface area contributed by atoms with Crippen molar-refractivity contribution in [2.24, 2.45) is 0 Å². The molecule has 3 aromatic carbocycles. The predicted molar refractivity (Wildman–Crippen MR) is 111 cm³/mol. The fourth-order valence-electron chi connectivity index (χ4n) is 3.06. The maximum Gasteiger partial charge on any atom is 0.318 e. The molecule has 4 heteroatoms. The SMILES string of the molecule is C=CCc1ccc(OC(=O)[C@@H](C)c2ccc3cc(OC)ccc3c2)c(OC)c1. The van der Waals surface area contributed by atoms with Gasteiger partial charge in [0.15, 0.2) is 11.5 Å². The molecule has 0 saturated carbocycles. The van der Waals surface area contributed by atoms with Gasteiger partial charge in [0.05, 0.1) is 20.1 Å². The summed E-state index contributed by atoms with van der Waals surface area (Å²) in [5, 5.41) is 2.10. The highest BCUT2D eigenvalue weighted by atomic mass is 16.6. The van der Waals surface area contributed by atoms with Gasteiger partial charge in [0.25, 0.3) is 0 Å². The first-order valence-corrected chi connectivity index (χ1v) is 9.13. The van der Waals surface area contributed by atoms with Crippen molar-refractivity contribution in [3.63, 3.8) is 0 Å². The van der Waals surface area contributed by atoms with Gasteiger partial charge in [0.1, 0.15) is 5.75 Å². The summed E-state index contributed by atoms with van der Waals surface area (Å²) >= 11 is 0. The maximum atomic E-state index is 12.7. The molecule has 0 aliphatic carbocycles. The van der Waals surface area contributed by atoms with Crippen LogP contribution in [-0.2, 0) is 11.2 Å². The van der Waals surface area contributed by atoms with Crippen molar-refractivity contribution in [2.75, 3.05) is 14.2 Å². The van der Waals surface area contributed by atoms with Crippen LogP contribution in [0.25, 0.3) is 10.8 Å². The number of methoxy groups -OCH3 is 2. The Labute approximate surface area is 165 Å². The molecule has 0 saturated heterocycles. The molecule has 0 spiro atoms. The van der Waals surface area contributed by atoms with E-state index in [1.807, 2.05) is 61.5 Å². The predicted octanol–water partition coefficient (Wildman–Crippen LogP) is 5.29. The number of esters is 1. The summed E-state index contributed by atoms with van der Waals surface area (Å²) in [6.45, 7) is 5.58. The van der Waals surface area contributed by atoms with Crippen molar-refractivity contribution >= 4 is 16.7 Å². The first-order chi connectivity index (χ1) is 13.5. The molecule has 0 bridgehead atoms. The van der Waals surface area contributed by atoms with E-state index in [1.165, 1.54) is 0 Å². The molecule has 0 amide bonds. The summed E-state index contributed by atoms with van der Waals surface area (Å²) in [6.07, 6.45) is 2.54. The number of ether oxygens (including phenoxy) is 3. The fraction of sp³-hybridized carbons (Fsp3) is 0.208. The highest BCUT2D eigenvalue weighted by molar-refractivity contribution is 5.87. The molecule has 0 aliphatic heterocycles. The number of benzene rings is 3. The van der Waals surface area contributed by atoms with E-state index in [1.54, 1.807) is 20.3 Å². The Morgan fingerprint density at radius 1 is 0.964 bits per heavy atom. The normalized spacial score (nSPS) is 11.7. The zero-order chi connectivity index (χ0) is 20.1. The lowest BCUT2D eigenvalue weighted by atomic mass is 9.98. The second kappa shape index (κ2) is 8.61. The van der Waals surface area contributed by atoms with Gasteiger partial charge in [-0.3, -0.25) is 4.79 Å². The molecule has 3 rings (SSSR count). The Hall–Kier alpha value is -3.27. The zero-order valence-corrected chi connectivity index (χ0v) is 16.4. The summed E-state index contributed by atoms with van der Waals surface area (Å²) in [4.78, 5) is 12.7. The van der Waals surface area contributed by atoms with Crippen LogP contribution in [0.1, 0.15) is 24.0 Å². The lowest BCUT2D eigenvalue weighted by molar-refractivity contribution is -0.135. The third-order valence-corrected chi connectivity index (χ3v) is 4.74. The van der Waals surface area contributed by atoms with Crippen LogP contribution >= 0.6 is 0 Å². The average molecular weight is 376 g/mol. The maximum absolute atomic E-state index is 12.7. The summed E-state index contributed by atoms with van der Waals surface area (Å²) in [5.74, 6) is 1.01. The quantitative estimate of drug-likeness (QED) is 0.319. The molecule has 0 aliphatic rings. The van der Waals surface area contributed by atoms with E-state index in [4.69, 9.17) is 14.2 Å². The number of hydrogen-bond donors (Lipinski definition) is 0. The number of fused-ring (bicyclic) bond motifs is 1. The molecule has 0 aromatic heterocycles. The van der Waals surface area contributed by atoms with Gasteiger partial charge in [-0.25, -0.2) is 0 Å². The van der Waals surface area contributed by atoms with E-state index in [0.717, 1.165) is 34.1 Å². The Kier molecular flexibility index (Phi) is 5.99. The Morgan fingerprint density at radius 2 is 1.71 bits per heavy atom. The van der Waals surface area contributed by atoms with Gasteiger partial charge < -0.3 is 14.2 Å². The first-order valence-electron chi connectivity index (χ1n) is 9.13. The highest BCUT2D eigenvalue weighted by Gasteiger charge is 2.20. The molecule has 0 fully saturated rings. The van der Waals surface area contributed by atoms with Gasteiger partial charge in [-0.1, -0.05) is 36.4 Å². The minimum atomic E-state index is -0.413. The van der Waals surface area contributed by atoms with E-state index < -0.39 is 5.92 Å². The second-order valence-electron chi connectivity index (χ2n) is 6.59. The van der Waals surface area contributed by atoms with E-state index in [-0.39, 0.29) is 5.97 Å². The van der Waals surface area contributed by atoms with Crippen LogP contribution in [0.15, 0.2) is 67.3 Å². The smallest absolute Gasteiger partial charge is 0.318 e. The Morgan fingerprint density at radius 3 is 2.43 bits per heavy atom. The molecule has 3 aromatic rings. The fourth-order valence-corrected chi connectivity index (χ4v) is 3.06. The van der Waals surface area contributed by atoms with E-state index in [9.17, 15) is 4.79 Å². The van der Waals surface area contributed by atoms with Gasteiger partial charge in [-0.05, 0) is 59.5 Å². The summed E-state index contributed by atoms with van der Waals surface area (Å²) in [5.41, 5.74) is 1.94. The number of rotatable bonds is 7. The number of allylic oxidation sites excluding steroid dienone is 1. The molecule has 1 atom stereocenters. The lowest BCUT2D eigenvalue weighted by Crippen LogP contribution is -2.16. The molecule has 144 valence electrons. The average Bonchev–Trinajstić information content (AvgIpc) is 2.73.